The van der Waals surface area contributed by atoms with Gasteiger partial charge in [-0.15, -0.1) is 0 Å². The average Bonchev–Trinajstić information content (AvgIpc) is 2.77. The van der Waals surface area contributed by atoms with E-state index in [0.717, 1.165) is 25.0 Å². The van der Waals surface area contributed by atoms with Crippen LogP contribution < -0.4 is 0 Å². The average molecular weight is 302 g/mol. The summed E-state index contributed by atoms with van der Waals surface area (Å²) in [6, 6.07) is -0.0432. The molecule has 0 fully saturated rings. The number of halogens is 3. The first kappa shape index (κ1) is 16.4. The summed E-state index contributed by atoms with van der Waals surface area (Å²) in [5, 5.41) is 3.95. The second kappa shape index (κ2) is 5.33. The third kappa shape index (κ3) is 2.84. The van der Waals surface area contributed by atoms with Gasteiger partial charge in [0.2, 0.25) is 0 Å². The lowest BCUT2D eigenvalue weighted by Crippen LogP contribution is -2.27. The summed E-state index contributed by atoms with van der Waals surface area (Å²) in [5.41, 5.74) is 0.474. The Morgan fingerprint density at radius 3 is 2.38 bits per heavy atom. The molecule has 0 bridgehead atoms. The molecule has 2 rings (SSSR count). The zero-order valence-electron chi connectivity index (χ0n) is 13.5. The highest BCUT2D eigenvalue weighted by molar-refractivity contribution is 5.36. The predicted molar refractivity (Wildman–Crippen MR) is 77.4 cm³/mol. The van der Waals surface area contributed by atoms with Crippen LogP contribution in [0.15, 0.2) is 0 Å². The minimum atomic E-state index is -4.37. The molecule has 0 aromatic carbocycles. The van der Waals surface area contributed by atoms with Crippen LogP contribution in [0, 0.1) is 5.41 Å². The van der Waals surface area contributed by atoms with Crippen LogP contribution in [0.4, 0.5) is 13.2 Å². The normalized spacial score (nSPS) is 20.0. The standard InChI is InChI=1S/C16H25F3N2/c1-6-15(4,5)11-8-7-9-12-13(11)14(16(17,18)19)20-21(12)10(2)3/h10-11H,6-9H2,1-5H3. The van der Waals surface area contributed by atoms with Gasteiger partial charge in [-0.1, -0.05) is 27.2 Å². The van der Waals surface area contributed by atoms with E-state index in [0.29, 0.717) is 12.0 Å². The summed E-state index contributed by atoms with van der Waals surface area (Å²) in [6.45, 7) is 9.97. The summed E-state index contributed by atoms with van der Waals surface area (Å²) < 4.78 is 41.9. The summed E-state index contributed by atoms with van der Waals surface area (Å²) in [4.78, 5) is 0. The first-order chi connectivity index (χ1) is 9.59. The van der Waals surface area contributed by atoms with Gasteiger partial charge in [0.25, 0.3) is 0 Å². The Bertz CT molecular complexity index is 512. The first-order valence-corrected chi connectivity index (χ1v) is 7.78. The summed E-state index contributed by atoms with van der Waals surface area (Å²) in [6.07, 6.45) is -1.05. The van der Waals surface area contributed by atoms with Gasteiger partial charge in [0.1, 0.15) is 0 Å². The second-order valence-electron chi connectivity index (χ2n) is 7.03. The number of fused-ring (bicyclic) bond motifs is 1. The fourth-order valence-electron chi connectivity index (χ4n) is 3.38. The molecule has 0 spiro atoms. The third-order valence-electron chi connectivity index (χ3n) is 4.92. The van der Waals surface area contributed by atoms with E-state index >= 15 is 0 Å². The summed E-state index contributed by atoms with van der Waals surface area (Å²) in [7, 11) is 0. The molecule has 1 aromatic heterocycles. The van der Waals surface area contributed by atoms with Crippen molar-refractivity contribution in [2.24, 2.45) is 5.41 Å². The fourth-order valence-corrected chi connectivity index (χ4v) is 3.38. The number of nitrogens with zero attached hydrogens (tertiary/aromatic N) is 2. The smallest absolute Gasteiger partial charge is 0.266 e. The molecule has 1 aliphatic rings. The highest BCUT2D eigenvalue weighted by atomic mass is 19.4. The molecule has 1 heterocycles. The highest BCUT2D eigenvalue weighted by Crippen LogP contribution is 2.50. The molecule has 120 valence electrons. The van der Waals surface area contributed by atoms with E-state index in [9.17, 15) is 13.2 Å². The molecule has 0 saturated heterocycles. The van der Waals surface area contributed by atoms with Gasteiger partial charge < -0.3 is 0 Å². The maximum atomic E-state index is 13.4. The van der Waals surface area contributed by atoms with Crippen LogP contribution in [-0.4, -0.2) is 9.78 Å². The van der Waals surface area contributed by atoms with Gasteiger partial charge in [-0.2, -0.15) is 18.3 Å². The highest BCUT2D eigenvalue weighted by Gasteiger charge is 2.45. The van der Waals surface area contributed by atoms with Crippen molar-refractivity contribution in [3.8, 4) is 0 Å². The molecule has 2 nitrogen and oxygen atoms in total. The zero-order valence-corrected chi connectivity index (χ0v) is 13.5. The van der Waals surface area contributed by atoms with Gasteiger partial charge in [-0.3, -0.25) is 4.68 Å². The number of aromatic nitrogens is 2. The molecule has 1 aromatic rings. The van der Waals surface area contributed by atoms with Gasteiger partial charge in [0, 0.05) is 17.3 Å². The predicted octanol–water partition coefficient (Wildman–Crippen LogP) is 5.34. The van der Waals surface area contributed by atoms with Crippen molar-refractivity contribution >= 4 is 0 Å². The molecule has 0 amide bonds. The van der Waals surface area contributed by atoms with Gasteiger partial charge in [-0.05, 0) is 44.4 Å². The van der Waals surface area contributed by atoms with Crippen molar-refractivity contribution in [2.45, 2.75) is 78.4 Å². The number of alkyl halides is 3. The Hall–Kier alpha value is -1.00. The van der Waals surface area contributed by atoms with Crippen LogP contribution in [0.5, 0.6) is 0 Å². The summed E-state index contributed by atoms with van der Waals surface area (Å²) in [5.74, 6) is -0.0598. The molecule has 1 atom stereocenters. The molecule has 0 aliphatic heterocycles. The molecule has 0 saturated carbocycles. The van der Waals surface area contributed by atoms with Crippen molar-refractivity contribution < 1.29 is 13.2 Å². The van der Waals surface area contributed by atoms with E-state index in [1.807, 2.05) is 13.8 Å². The molecule has 0 N–H and O–H groups in total. The fraction of sp³-hybridized carbons (Fsp3) is 0.812. The Morgan fingerprint density at radius 2 is 1.90 bits per heavy atom. The zero-order chi connectivity index (χ0) is 16.0. The molecule has 0 radical (unpaired) electrons. The maximum Gasteiger partial charge on any atom is 0.435 e. The van der Waals surface area contributed by atoms with Crippen molar-refractivity contribution in [3.63, 3.8) is 0 Å². The van der Waals surface area contributed by atoms with E-state index < -0.39 is 11.9 Å². The largest absolute Gasteiger partial charge is 0.435 e. The Labute approximate surface area is 124 Å². The lowest BCUT2D eigenvalue weighted by Gasteiger charge is -2.37. The van der Waals surface area contributed by atoms with Crippen LogP contribution in [0.1, 0.15) is 82.8 Å². The van der Waals surface area contributed by atoms with Crippen molar-refractivity contribution in [1.29, 1.82) is 0 Å². The molecular weight excluding hydrogens is 277 g/mol. The lowest BCUT2D eigenvalue weighted by molar-refractivity contribution is -0.142. The van der Waals surface area contributed by atoms with Gasteiger partial charge in [0.15, 0.2) is 5.69 Å². The summed E-state index contributed by atoms with van der Waals surface area (Å²) >= 11 is 0. The second-order valence-corrected chi connectivity index (χ2v) is 7.03. The van der Waals surface area contributed by atoms with Gasteiger partial charge in [0.05, 0.1) is 0 Å². The molecule has 5 heteroatoms. The van der Waals surface area contributed by atoms with Crippen LogP contribution in [0.2, 0.25) is 0 Å². The molecular formula is C16H25F3N2. The quantitative estimate of drug-likeness (QED) is 0.737. The number of rotatable bonds is 3. The maximum absolute atomic E-state index is 13.4. The first-order valence-electron chi connectivity index (χ1n) is 7.78. The minimum absolute atomic E-state index is 0.0432. The minimum Gasteiger partial charge on any atom is -0.266 e. The van der Waals surface area contributed by atoms with E-state index in [1.165, 1.54) is 0 Å². The molecule has 1 aliphatic carbocycles. The van der Waals surface area contributed by atoms with Crippen LogP contribution in [0.3, 0.4) is 0 Å². The number of hydrogen-bond donors (Lipinski definition) is 0. The van der Waals surface area contributed by atoms with Crippen molar-refractivity contribution in [2.75, 3.05) is 0 Å². The van der Waals surface area contributed by atoms with E-state index in [2.05, 4.69) is 25.9 Å². The molecule has 1 unspecified atom stereocenters. The van der Waals surface area contributed by atoms with E-state index in [1.54, 1.807) is 4.68 Å². The Balaban J connectivity index is 2.66. The van der Waals surface area contributed by atoms with Crippen molar-refractivity contribution in [1.82, 2.24) is 9.78 Å². The van der Waals surface area contributed by atoms with Crippen LogP contribution in [-0.2, 0) is 12.6 Å². The third-order valence-corrected chi connectivity index (χ3v) is 4.92. The van der Waals surface area contributed by atoms with Crippen molar-refractivity contribution in [3.05, 3.63) is 17.0 Å². The van der Waals surface area contributed by atoms with Gasteiger partial charge in [-0.25, -0.2) is 0 Å². The van der Waals surface area contributed by atoms with E-state index in [4.69, 9.17) is 0 Å². The van der Waals surface area contributed by atoms with E-state index in [-0.39, 0.29) is 17.4 Å². The monoisotopic (exact) mass is 302 g/mol. The number of hydrogen-bond acceptors (Lipinski definition) is 1. The van der Waals surface area contributed by atoms with Crippen LogP contribution in [0.25, 0.3) is 0 Å². The van der Waals surface area contributed by atoms with Gasteiger partial charge >= 0.3 is 6.18 Å². The molecule has 21 heavy (non-hydrogen) atoms. The Kier molecular flexibility index (Phi) is 4.15. The Morgan fingerprint density at radius 1 is 1.29 bits per heavy atom. The topological polar surface area (TPSA) is 17.8 Å². The lowest BCUT2D eigenvalue weighted by atomic mass is 9.68. The SMILES string of the molecule is CCC(C)(C)C1CCCc2c1c(C(F)(F)F)nn2C(C)C. The van der Waals surface area contributed by atoms with Crippen LogP contribution >= 0.6 is 0 Å².